The van der Waals surface area contributed by atoms with Crippen LogP contribution in [-0.2, 0) is 11.3 Å². The van der Waals surface area contributed by atoms with Crippen LogP contribution in [0.4, 0.5) is 5.69 Å². The van der Waals surface area contributed by atoms with Crippen molar-refractivity contribution in [2.75, 3.05) is 20.1 Å². The molecular weight excluding hydrogens is 276 g/mol. The fraction of sp³-hybridized carbons (Fsp3) is 0.364. The summed E-state index contributed by atoms with van der Waals surface area (Å²) in [7, 11) is 2.72. The van der Waals surface area contributed by atoms with Gasteiger partial charge in [-0.25, -0.2) is 0 Å². The average Bonchev–Trinajstić information content (AvgIpc) is 2.43. The van der Waals surface area contributed by atoms with Gasteiger partial charge in [-0.2, -0.15) is 0 Å². The van der Waals surface area contributed by atoms with Crippen LogP contribution in [0.2, 0.25) is 0 Å². The van der Waals surface area contributed by atoms with Crippen molar-refractivity contribution in [1.29, 1.82) is 0 Å². The summed E-state index contributed by atoms with van der Waals surface area (Å²) < 4.78 is 10.0. The van der Waals surface area contributed by atoms with Crippen molar-refractivity contribution in [3.63, 3.8) is 0 Å². The summed E-state index contributed by atoms with van der Waals surface area (Å²) in [6.07, 6.45) is 0. The maximum absolute atomic E-state index is 11.1. The Morgan fingerprint density at radius 3 is 2.47 bits per heavy atom. The van der Waals surface area contributed by atoms with E-state index < -0.39 is 4.92 Å². The first-order valence-electron chi connectivity index (χ1n) is 5.25. The summed E-state index contributed by atoms with van der Waals surface area (Å²) in [6.45, 7) is 0.142. The summed E-state index contributed by atoms with van der Waals surface area (Å²) in [5.41, 5.74) is 0.357. The van der Waals surface area contributed by atoms with Crippen LogP contribution in [0.25, 0.3) is 0 Å². The van der Waals surface area contributed by atoms with Crippen LogP contribution >= 0.6 is 11.6 Å². The van der Waals surface area contributed by atoms with Crippen molar-refractivity contribution in [2.45, 2.75) is 6.54 Å². The molecule has 0 aliphatic rings. The number of rotatable bonds is 6. The third kappa shape index (κ3) is 3.72. The molecule has 1 aromatic rings. The predicted molar refractivity (Wildman–Crippen MR) is 68.8 cm³/mol. The molecule has 0 aromatic heterocycles. The second-order valence-corrected chi connectivity index (χ2v) is 3.77. The Kier molecular flexibility index (Phi) is 5.37. The molecule has 0 saturated carbocycles. The average molecular weight is 289 g/mol. The number of amides is 1. The number of carbonyl (C=O) groups is 1. The van der Waals surface area contributed by atoms with Crippen molar-refractivity contribution in [1.82, 2.24) is 5.32 Å². The molecule has 19 heavy (non-hydrogen) atoms. The van der Waals surface area contributed by atoms with Crippen LogP contribution in [0.15, 0.2) is 12.1 Å². The molecule has 0 radical (unpaired) electrons. The van der Waals surface area contributed by atoms with Gasteiger partial charge in [-0.15, -0.1) is 11.6 Å². The minimum atomic E-state index is -0.567. The zero-order chi connectivity index (χ0) is 14.4. The monoisotopic (exact) mass is 288 g/mol. The SMILES string of the molecule is COc1cc([N+](=O)[O-])c(OC)cc1CNC(=O)CCl. The molecule has 0 spiro atoms. The number of hydrogen-bond donors (Lipinski definition) is 1. The second kappa shape index (κ2) is 6.79. The molecule has 0 heterocycles. The highest BCUT2D eigenvalue weighted by atomic mass is 35.5. The van der Waals surface area contributed by atoms with Gasteiger partial charge >= 0.3 is 5.69 Å². The number of nitro benzene ring substituents is 1. The van der Waals surface area contributed by atoms with Gasteiger partial charge in [0, 0.05) is 12.1 Å². The summed E-state index contributed by atoms with van der Waals surface area (Å²) in [5.74, 6) is -0.115. The Balaban J connectivity index is 3.09. The van der Waals surface area contributed by atoms with Crippen molar-refractivity contribution >= 4 is 23.2 Å². The Bertz CT molecular complexity index is 492. The normalized spacial score (nSPS) is 9.84. The molecule has 0 atom stereocenters. The zero-order valence-electron chi connectivity index (χ0n) is 10.4. The Morgan fingerprint density at radius 1 is 1.37 bits per heavy atom. The van der Waals surface area contributed by atoms with E-state index in [9.17, 15) is 14.9 Å². The molecule has 0 aliphatic heterocycles. The number of halogens is 1. The quantitative estimate of drug-likeness (QED) is 0.486. The van der Waals surface area contributed by atoms with Gasteiger partial charge in [0.15, 0.2) is 5.75 Å². The third-order valence-corrected chi connectivity index (χ3v) is 2.62. The highest BCUT2D eigenvalue weighted by molar-refractivity contribution is 6.27. The summed E-state index contributed by atoms with van der Waals surface area (Å²) in [4.78, 5) is 21.4. The lowest BCUT2D eigenvalue weighted by atomic mass is 10.1. The lowest BCUT2D eigenvalue weighted by molar-refractivity contribution is -0.385. The van der Waals surface area contributed by atoms with E-state index in [1.807, 2.05) is 0 Å². The Hall–Kier alpha value is -2.02. The lowest BCUT2D eigenvalue weighted by Crippen LogP contribution is -2.24. The van der Waals surface area contributed by atoms with E-state index in [0.717, 1.165) is 0 Å². The highest BCUT2D eigenvalue weighted by Gasteiger charge is 2.19. The smallest absolute Gasteiger partial charge is 0.314 e. The molecule has 7 nitrogen and oxygen atoms in total. The summed E-state index contributed by atoms with van der Waals surface area (Å²) in [5, 5.41) is 13.4. The molecule has 0 saturated heterocycles. The van der Waals surface area contributed by atoms with E-state index in [4.69, 9.17) is 21.1 Å². The number of ether oxygens (including phenoxy) is 2. The van der Waals surface area contributed by atoms with E-state index in [0.29, 0.717) is 11.3 Å². The number of benzene rings is 1. The molecule has 1 amide bonds. The van der Waals surface area contributed by atoms with Crippen LogP contribution in [0.1, 0.15) is 5.56 Å². The van der Waals surface area contributed by atoms with E-state index in [-0.39, 0.29) is 29.8 Å². The molecular formula is C11H13ClN2O5. The van der Waals surface area contributed by atoms with Crippen LogP contribution in [0.5, 0.6) is 11.5 Å². The van der Waals surface area contributed by atoms with Gasteiger partial charge in [0.2, 0.25) is 5.91 Å². The van der Waals surface area contributed by atoms with Crippen molar-refractivity contribution in [3.05, 3.63) is 27.8 Å². The first-order valence-corrected chi connectivity index (χ1v) is 5.78. The van der Waals surface area contributed by atoms with Gasteiger partial charge in [0.1, 0.15) is 11.6 Å². The topological polar surface area (TPSA) is 90.7 Å². The zero-order valence-corrected chi connectivity index (χ0v) is 11.2. The maximum Gasteiger partial charge on any atom is 0.314 e. The van der Waals surface area contributed by atoms with Gasteiger partial charge in [-0.1, -0.05) is 0 Å². The predicted octanol–water partition coefficient (Wildman–Crippen LogP) is 1.47. The molecule has 0 aliphatic carbocycles. The van der Waals surface area contributed by atoms with E-state index in [1.54, 1.807) is 0 Å². The second-order valence-electron chi connectivity index (χ2n) is 3.50. The van der Waals surface area contributed by atoms with E-state index in [1.165, 1.54) is 26.4 Å². The Labute approximate surface area is 114 Å². The number of hydrogen-bond acceptors (Lipinski definition) is 5. The van der Waals surface area contributed by atoms with Gasteiger partial charge < -0.3 is 14.8 Å². The van der Waals surface area contributed by atoms with Crippen molar-refractivity contribution in [3.8, 4) is 11.5 Å². The largest absolute Gasteiger partial charge is 0.496 e. The van der Waals surface area contributed by atoms with E-state index >= 15 is 0 Å². The highest BCUT2D eigenvalue weighted by Crippen LogP contribution is 2.34. The number of methoxy groups -OCH3 is 2. The van der Waals surface area contributed by atoms with Gasteiger partial charge in [0.25, 0.3) is 0 Å². The first kappa shape index (κ1) is 15.0. The fourth-order valence-electron chi connectivity index (χ4n) is 1.47. The molecule has 1 aromatic carbocycles. The minimum absolute atomic E-state index is 0.0981. The van der Waals surface area contributed by atoms with Crippen molar-refractivity contribution in [2.24, 2.45) is 0 Å². The fourth-order valence-corrected chi connectivity index (χ4v) is 1.56. The molecule has 1 N–H and O–H groups in total. The molecule has 0 bridgehead atoms. The third-order valence-electron chi connectivity index (χ3n) is 2.38. The lowest BCUT2D eigenvalue weighted by Gasteiger charge is -2.11. The summed E-state index contributed by atoms with van der Waals surface area (Å²) >= 11 is 5.36. The van der Waals surface area contributed by atoms with Crippen LogP contribution in [0, 0.1) is 10.1 Å². The summed E-state index contributed by atoms with van der Waals surface area (Å²) in [6, 6.07) is 2.70. The number of nitrogens with zero attached hydrogens (tertiary/aromatic N) is 1. The molecule has 0 fully saturated rings. The number of alkyl halides is 1. The van der Waals surface area contributed by atoms with Gasteiger partial charge in [0.05, 0.1) is 25.2 Å². The standard InChI is InChI=1S/C11H13ClN2O5/c1-18-9-4-8(14(16)17)10(19-2)3-7(9)6-13-11(15)5-12/h3-4H,5-6H2,1-2H3,(H,13,15). The maximum atomic E-state index is 11.1. The van der Waals surface area contributed by atoms with Crippen LogP contribution in [-0.4, -0.2) is 30.9 Å². The molecule has 0 unspecified atom stereocenters. The number of carbonyl (C=O) groups excluding carboxylic acids is 1. The van der Waals surface area contributed by atoms with Crippen molar-refractivity contribution < 1.29 is 19.2 Å². The first-order chi connectivity index (χ1) is 9.03. The number of nitro groups is 1. The van der Waals surface area contributed by atoms with Crippen LogP contribution in [0.3, 0.4) is 0 Å². The van der Waals surface area contributed by atoms with E-state index in [2.05, 4.69) is 5.32 Å². The molecule has 104 valence electrons. The van der Waals surface area contributed by atoms with Gasteiger partial charge in [-0.3, -0.25) is 14.9 Å². The number of nitrogens with one attached hydrogen (secondary N) is 1. The Morgan fingerprint density at radius 2 is 2.00 bits per heavy atom. The minimum Gasteiger partial charge on any atom is -0.496 e. The van der Waals surface area contributed by atoms with Gasteiger partial charge in [-0.05, 0) is 6.07 Å². The van der Waals surface area contributed by atoms with Crippen LogP contribution < -0.4 is 14.8 Å². The molecule has 1 rings (SSSR count). The molecule has 8 heteroatoms.